The van der Waals surface area contributed by atoms with E-state index in [2.05, 4.69) is 5.32 Å². The summed E-state index contributed by atoms with van der Waals surface area (Å²) in [7, 11) is -0.511. The third kappa shape index (κ3) is 4.00. The summed E-state index contributed by atoms with van der Waals surface area (Å²) >= 11 is 0. The maximum absolute atomic E-state index is 11.4. The maximum Gasteiger partial charge on any atom is 0.492 e. The van der Waals surface area contributed by atoms with Crippen molar-refractivity contribution in [2.75, 3.05) is 12.3 Å². The molecule has 0 saturated carbocycles. The molecule has 1 aromatic carbocycles. The molecular weight excluding hydrogens is 303 g/mol. The second kappa shape index (κ2) is 6.61. The Hall–Kier alpha value is -1.79. The molecule has 0 radical (unpaired) electrons. The van der Waals surface area contributed by atoms with E-state index in [-0.39, 0.29) is 5.91 Å². The van der Waals surface area contributed by atoms with Gasteiger partial charge in [-0.25, -0.2) is 0 Å². The van der Waals surface area contributed by atoms with Gasteiger partial charge in [0.25, 0.3) is 0 Å². The third-order valence-electron chi connectivity index (χ3n) is 4.74. The second-order valence-corrected chi connectivity index (χ2v) is 7.33. The van der Waals surface area contributed by atoms with Crippen LogP contribution >= 0.6 is 0 Å². The Morgan fingerprint density at radius 2 is 1.83 bits per heavy atom. The highest BCUT2D eigenvalue weighted by Gasteiger charge is 2.52. The number of amides is 1. The van der Waals surface area contributed by atoms with Gasteiger partial charge in [0.05, 0.1) is 11.2 Å². The number of benzene rings is 1. The minimum atomic E-state index is -0.511. The SMILES string of the molecule is CC(=O)NCC(=Cc1cc(N)ccc1C)B1OC(C)(C)C(C)(C)O1. The molecule has 1 heterocycles. The molecule has 3 N–H and O–H groups in total. The van der Waals surface area contributed by atoms with Crippen molar-refractivity contribution < 1.29 is 14.1 Å². The fourth-order valence-electron chi connectivity index (χ4n) is 2.44. The minimum Gasteiger partial charge on any atom is -0.400 e. The molecule has 24 heavy (non-hydrogen) atoms. The molecule has 0 spiro atoms. The van der Waals surface area contributed by atoms with E-state index in [0.717, 1.165) is 16.6 Å². The van der Waals surface area contributed by atoms with Crippen LogP contribution in [0.15, 0.2) is 23.7 Å². The zero-order valence-corrected chi connectivity index (χ0v) is 15.4. The zero-order valence-electron chi connectivity index (χ0n) is 15.4. The number of hydrogen-bond donors (Lipinski definition) is 2. The van der Waals surface area contributed by atoms with Gasteiger partial charge in [0, 0.05) is 19.2 Å². The van der Waals surface area contributed by atoms with Crippen LogP contribution in [0.5, 0.6) is 0 Å². The largest absolute Gasteiger partial charge is 0.492 e. The number of nitrogens with one attached hydrogen (secondary N) is 1. The van der Waals surface area contributed by atoms with Crippen LogP contribution in [-0.2, 0) is 14.1 Å². The van der Waals surface area contributed by atoms with Gasteiger partial charge in [0.1, 0.15) is 0 Å². The van der Waals surface area contributed by atoms with Crippen LogP contribution in [0.3, 0.4) is 0 Å². The summed E-state index contributed by atoms with van der Waals surface area (Å²) in [5, 5.41) is 2.83. The monoisotopic (exact) mass is 330 g/mol. The Labute approximate surface area is 144 Å². The van der Waals surface area contributed by atoms with Gasteiger partial charge in [-0.05, 0) is 63.4 Å². The highest BCUT2D eigenvalue weighted by molar-refractivity contribution is 6.56. The lowest BCUT2D eigenvalue weighted by atomic mass is 9.76. The van der Waals surface area contributed by atoms with Gasteiger partial charge in [0.2, 0.25) is 5.91 Å². The summed E-state index contributed by atoms with van der Waals surface area (Å²) in [5.74, 6) is -0.0956. The first-order valence-electron chi connectivity index (χ1n) is 8.18. The van der Waals surface area contributed by atoms with Crippen LogP contribution < -0.4 is 11.1 Å². The highest BCUT2D eigenvalue weighted by atomic mass is 16.7. The first-order valence-corrected chi connectivity index (χ1v) is 8.18. The van der Waals surface area contributed by atoms with E-state index < -0.39 is 18.3 Å². The average molecular weight is 330 g/mol. The van der Waals surface area contributed by atoms with Gasteiger partial charge in [0.15, 0.2) is 0 Å². The van der Waals surface area contributed by atoms with Crippen LogP contribution in [0.25, 0.3) is 6.08 Å². The summed E-state index contributed by atoms with van der Waals surface area (Å²) in [4.78, 5) is 11.4. The van der Waals surface area contributed by atoms with Crippen molar-refractivity contribution in [1.29, 1.82) is 0 Å². The topological polar surface area (TPSA) is 73.6 Å². The molecule has 1 saturated heterocycles. The summed E-state index contributed by atoms with van der Waals surface area (Å²) in [5.41, 5.74) is 8.68. The Bertz CT molecular complexity index is 652. The van der Waals surface area contributed by atoms with Crippen molar-refractivity contribution in [1.82, 2.24) is 5.32 Å². The molecule has 2 rings (SSSR count). The molecule has 0 bridgehead atoms. The summed E-state index contributed by atoms with van der Waals surface area (Å²) in [6, 6.07) is 5.75. The van der Waals surface area contributed by atoms with Gasteiger partial charge in [-0.2, -0.15) is 0 Å². The van der Waals surface area contributed by atoms with Crippen molar-refractivity contribution in [3.63, 3.8) is 0 Å². The van der Waals surface area contributed by atoms with Crippen molar-refractivity contribution >= 4 is 24.8 Å². The van der Waals surface area contributed by atoms with E-state index in [9.17, 15) is 4.79 Å². The fourth-order valence-corrected chi connectivity index (χ4v) is 2.44. The smallest absolute Gasteiger partial charge is 0.400 e. The molecule has 1 aliphatic heterocycles. The van der Waals surface area contributed by atoms with E-state index in [1.807, 2.05) is 58.9 Å². The average Bonchev–Trinajstić information content (AvgIpc) is 2.66. The number of nitrogens with two attached hydrogens (primary N) is 1. The molecule has 1 aromatic rings. The summed E-state index contributed by atoms with van der Waals surface area (Å²) in [6.45, 7) is 11.9. The summed E-state index contributed by atoms with van der Waals surface area (Å²) in [6.07, 6.45) is 1.99. The van der Waals surface area contributed by atoms with E-state index in [4.69, 9.17) is 15.0 Å². The lowest BCUT2D eigenvalue weighted by molar-refractivity contribution is -0.118. The van der Waals surface area contributed by atoms with Crippen molar-refractivity contribution in [3.05, 3.63) is 34.8 Å². The normalized spacial score (nSPS) is 19.4. The van der Waals surface area contributed by atoms with Crippen LogP contribution in [0.2, 0.25) is 0 Å². The molecule has 1 fully saturated rings. The lowest BCUT2D eigenvalue weighted by Crippen LogP contribution is -2.41. The standard InChI is InChI=1S/C18H27BN2O3/c1-12-7-8-16(20)10-14(12)9-15(11-21-13(2)22)19-23-17(3,4)18(5,6)24-19/h7-10H,11,20H2,1-6H3,(H,21,22). The quantitative estimate of drug-likeness (QED) is 0.658. The molecule has 130 valence electrons. The molecule has 6 heteroatoms. The van der Waals surface area contributed by atoms with Gasteiger partial charge in [-0.15, -0.1) is 0 Å². The van der Waals surface area contributed by atoms with Crippen molar-refractivity contribution in [3.8, 4) is 0 Å². The van der Waals surface area contributed by atoms with Crippen LogP contribution in [0.1, 0.15) is 45.7 Å². The van der Waals surface area contributed by atoms with E-state index in [0.29, 0.717) is 12.2 Å². The fraction of sp³-hybridized carbons (Fsp3) is 0.500. The maximum atomic E-state index is 11.4. The Morgan fingerprint density at radius 3 is 2.38 bits per heavy atom. The number of carbonyl (C=O) groups excluding carboxylic acids is 1. The molecule has 0 aliphatic carbocycles. The minimum absolute atomic E-state index is 0.0956. The molecule has 0 atom stereocenters. The second-order valence-electron chi connectivity index (χ2n) is 7.33. The van der Waals surface area contributed by atoms with E-state index in [1.165, 1.54) is 6.92 Å². The number of rotatable bonds is 4. The highest BCUT2D eigenvalue weighted by Crippen LogP contribution is 2.38. The van der Waals surface area contributed by atoms with Crippen LogP contribution in [0.4, 0.5) is 5.69 Å². The van der Waals surface area contributed by atoms with E-state index in [1.54, 1.807) is 0 Å². The Balaban J connectivity index is 2.37. The zero-order chi connectivity index (χ0) is 18.1. The van der Waals surface area contributed by atoms with Gasteiger partial charge >= 0.3 is 7.12 Å². The number of anilines is 1. The first-order chi connectivity index (χ1) is 11.0. The molecule has 0 unspecified atom stereocenters. The van der Waals surface area contributed by atoms with Gasteiger partial charge in [-0.3, -0.25) is 4.79 Å². The van der Waals surface area contributed by atoms with Gasteiger partial charge in [-0.1, -0.05) is 12.1 Å². The number of nitrogen functional groups attached to an aromatic ring is 1. The molecular formula is C18H27BN2O3. The molecule has 1 aliphatic rings. The number of carbonyl (C=O) groups is 1. The van der Waals surface area contributed by atoms with Crippen LogP contribution in [0, 0.1) is 6.92 Å². The van der Waals surface area contributed by atoms with Crippen molar-refractivity contribution in [2.45, 2.75) is 52.7 Å². The third-order valence-corrected chi connectivity index (χ3v) is 4.74. The predicted octanol–water partition coefficient (Wildman–Crippen LogP) is 2.73. The number of hydrogen-bond acceptors (Lipinski definition) is 4. The molecule has 0 aromatic heterocycles. The Morgan fingerprint density at radius 1 is 1.25 bits per heavy atom. The molecule has 5 nitrogen and oxygen atoms in total. The lowest BCUT2D eigenvalue weighted by Gasteiger charge is -2.32. The van der Waals surface area contributed by atoms with Crippen molar-refractivity contribution in [2.24, 2.45) is 0 Å². The summed E-state index contributed by atoms with van der Waals surface area (Å²) < 4.78 is 12.3. The van der Waals surface area contributed by atoms with Gasteiger partial charge < -0.3 is 20.4 Å². The predicted molar refractivity (Wildman–Crippen MR) is 98.3 cm³/mol. The Kier molecular flexibility index (Phi) is 5.11. The number of aryl methyl sites for hydroxylation is 1. The first kappa shape index (κ1) is 18.6. The molecule has 1 amide bonds. The van der Waals surface area contributed by atoms with Crippen LogP contribution in [-0.4, -0.2) is 30.8 Å². The van der Waals surface area contributed by atoms with E-state index >= 15 is 0 Å².